The van der Waals surface area contributed by atoms with E-state index in [1.807, 2.05) is 4.90 Å². The van der Waals surface area contributed by atoms with Crippen LogP contribution in [-0.4, -0.2) is 76.6 Å². The Kier molecular flexibility index (Phi) is 5.39. The number of urea groups is 1. The van der Waals surface area contributed by atoms with E-state index in [-0.39, 0.29) is 35.8 Å². The van der Waals surface area contributed by atoms with Crippen molar-refractivity contribution in [1.29, 1.82) is 0 Å². The number of fused-ring (bicyclic) bond motifs is 1. The first-order valence-electron chi connectivity index (χ1n) is 12.2. The zero-order valence-electron chi connectivity index (χ0n) is 18.5. The van der Waals surface area contributed by atoms with Crippen molar-refractivity contribution in [1.82, 2.24) is 20.4 Å². The second-order valence-electron chi connectivity index (χ2n) is 10.8. The van der Waals surface area contributed by atoms with Gasteiger partial charge in [-0.3, -0.25) is 9.59 Å². The van der Waals surface area contributed by atoms with E-state index in [2.05, 4.69) is 17.6 Å². The lowest BCUT2D eigenvalue weighted by molar-refractivity contribution is -0.148. The number of nitrogens with zero attached hydrogens (tertiary/aromatic N) is 2. The molecule has 31 heavy (non-hydrogen) atoms. The highest BCUT2D eigenvalue weighted by atomic mass is 16.3. The Morgan fingerprint density at radius 1 is 0.968 bits per heavy atom. The number of rotatable bonds is 3. The molecule has 4 unspecified atom stereocenters. The van der Waals surface area contributed by atoms with E-state index in [0.717, 1.165) is 38.5 Å². The average molecular weight is 433 g/mol. The van der Waals surface area contributed by atoms with E-state index in [1.54, 1.807) is 4.90 Å². The largest absolute Gasteiger partial charge is 0.380 e. The predicted octanol–water partition coefficient (Wildman–Crippen LogP) is 1.08. The van der Waals surface area contributed by atoms with E-state index < -0.39 is 5.60 Å². The van der Waals surface area contributed by atoms with Gasteiger partial charge >= 0.3 is 6.03 Å². The third kappa shape index (κ3) is 4.03. The summed E-state index contributed by atoms with van der Waals surface area (Å²) in [5, 5.41) is 16.3. The molecule has 0 aromatic carbocycles. The summed E-state index contributed by atoms with van der Waals surface area (Å²) in [5.41, 5.74) is -1.12. The molecule has 3 aliphatic carbocycles. The summed E-state index contributed by atoms with van der Waals surface area (Å²) in [7, 11) is 0. The Morgan fingerprint density at radius 3 is 2.26 bits per heavy atom. The third-order valence-electron chi connectivity index (χ3n) is 8.57. The second kappa shape index (κ2) is 7.94. The van der Waals surface area contributed by atoms with Crippen LogP contribution >= 0.6 is 0 Å². The number of hydrogen-bond acceptors (Lipinski definition) is 4. The van der Waals surface area contributed by atoms with E-state index in [0.29, 0.717) is 56.8 Å². The molecule has 0 spiro atoms. The first kappa shape index (κ1) is 21.0. The van der Waals surface area contributed by atoms with E-state index in [9.17, 15) is 19.5 Å². The molecule has 3 saturated carbocycles. The highest BCUT2D eigenvalue weighted by molar-refractivity contribution is 5.88. The number of carbonyl (C=O) groups excluding carboxylic acids is 3. The van der Waals surface area contributed by atoms with Crippen LogP contribution < -0.4 is 10.6 Å². The molecule has 0 aromatic heterocycles. The van der Waals surface area contributed by atoms with E-state index in [1.165, 1.54) is 0 Å². The molecule has 5 rings (SSSR count). The Balaban J connectivity index is 1.12. The third-order valence-corrected chi connectivity index (χ3v) is 8.57. The van der Waals surface area contributed by atoms with Crippen LogP contribution in [0.1, 0.15) is 58.3 Å². The fraction of sp³-hybridized carbons (Fsp3) is 0.870. The van der Waals surface area contributed by atoms with Gasteiger partial charge in [0.2, 0.25) is 5.91 Å². The molecule has 0 radical (unpaired) electrons. The van der Waals surface area contributed by atoms with Gasteiger partial charge < -0.3 is 25.5 Å². The Labute approximate surface area is 184 Å². The van der Waals surface area contributed by atoms with Gasteiger partial charge in [-0.15, -0.1) is 0 Å². The van der Waals surface area contributed by atoms with E-state index in [4.69, 9.17) is 0 Å². The number of amides is 4. The highest BCUT2D eigenvalue weighted by Crippen LogP contribution is 2.43. The molecule has 8 heteroatoms. The summed E-state index contributed by atoms with van der Waals surface area (Å²) in [6, 6.07) is 0.477. The van der Waals surface area contributed by atoms with Crippen molar-refractivity contribution in [2.24, 2.45) is 23.7 Å². The van der Waals surface area contributed by atoms with Crippen LogP contribution in [0, 0.1) is 23.7 Å². The second-order valence-corrected chi connectivity index (χ2v) is 10.8. The minimum atomic E-state index is -1.12. The first-order valence-corrected chi connectivity index (χ1v) is 12.2. The maximum Gasteiger partial charge on any atom is 0.315 e. The SMILES string of the molecule is CC1CC2NC(=O)NC2C(C2CCC(C(=O)N3CCN(C(=O)C4(O)CC4)CC3)CC2)C1. The van der Waals surface area contributed by atoms with Gasteiger partial charge in [-0.2, -0.15) is 0 Å². The fourth-order valence-corrected chi connectivity index (χ4v) is 6.60. The summed E-state index contributed by atoms with van der Waals surface area (Å²) in [5.74, 6) is 1.87. The number of carbonyl (C=O) groups is 3. The molecule has 0 aromatic rings. The van der Waals surface area contributed by atoms with Crippen molar-refractivity contribution in [2.75, 3.05) is 26.2 Å². The van der Waals surface area contributed by atoms with Gasteiger partial charge in [-0.1, -0.05) is 6.92 Å². The van der Waals surface area contributed by atoms with Gasteiger partial charge in [0.05, 0.1) is 12.1 Å². The van der Waals surface area contributed by atoms with Crippen LogP contribution in [0.3, 0.4) is 0 Å². The minimum Gasteiger partial charge on any atom is -0.380 e. The lowest BCUT2D eigenvalue weighted by atomic mass is 9.65. The molecule has 8 nitrogen and oxygen atoms in total. The molecular weight excluding hydrogens is 396 g/mol. The maximum atomic E-state index is 13.1. The quantitative estimate of drug-likeness (QED) is 0.621. The fourth-order valence-electron chi connectivity index (χ4n) is 6.60. The molecule has 172 valence electrons. The van der Waals surface area contributed by atoms with Crippen LogP contribution in [0.2, 0.25) is 0 Å². The van der Waals surface area contributed by atoms with Crippen molar-refractivity contribution in [3.8, 4) is 0 Å². The number of nitrogens with one attached hydrogen (secondary N) is 2. The predicted molar refractivity (Wildman–Crippen MR) is 114 cm³/mol. The monoisotopic (exact) mass is 432 g/mol. The molecule has 5 fully saturated rings. The van der Waals surface area contributed by atoms with Gasteiger partial charge in [0, 0.05) is 32.1 Å². The summed E-state index contributed by atoms with van der Waals surface area (Å²) < 4.78 is 0. The number of aliphatic hydroxyl groups is 1. The lowest BCUT2D eigenvalue weighted by Crippen LogP contribution is -2.54. The summed E-state index contributed by atoms with van der Waals surface area (Å²) in [4.78, 5) is 40.9. The van der Waals surface area contributed by atoms with Gasteiger partial charge in [-0.25, -0.2) is 4.79 Å². The van der Waals surface area contributed by atoms with Crippen molar-refractivity contribution in [3.05, 3.63) is 0 Å². The van der Waals surface area contributed by atoms with Gasteiger partial charge in [0.15, 0.2) is 0 Å². The lowest BCUT2D eigenvalue weighted by Gasteiger charge is -2.43. The molecule has 0 bridgehead atoms. The minimum absolute atomic E-state index is 0.0237. The topological polar surface area (TPSA) is 102 Å². The zero-order chi connectivity index (χ0) is 21.8. The van der Waals surface area contributed by atoms with Crippen LogP contribution in [0.4, 0.5) is 4.79 Å². The van der Waals surface area contributed by atoms with Crippen molar-refractivity contribution in [3.63, 3.8) is 0 Å². The van der Waals surface area contributed by atoms with Crippen LogP contribution in [0.25, 0.3) is 0 Å². The molecule has 4 amide bonds. The molecule has 4 atom stereocenters. The van der Waals surface area contributed by atoms with Crippen LogP contribution in [0.5, 0.6) is 0 Å². The average Bonchev–Trinajstić information content (AvgIpc) is 3.42. The molecular formula is C23H36N4O4. The molecule has 2 saturated heterocycles. The first-order chi connectivity index (χ1) is 14.8. The van der Waals surface area contributed by atoms with Crippen molar-refractivity contribution < 1.29 is 19.5 Å². The van der Waals surface area contributed by atoms with Crippen LogP contribution in [-0.2, 0) is 9.59 Å². The normalized spacial score (nSPS) is 39.4. The smallest absolute Gasteiger partial charge is 0.315 e. The number of hydrogen-bond donors (Lipinski definition) is 3. The van der Waals surface area contributed by atoms with E-state index >= 15 is 0 Å². The van der Waals surface area contributed by atoms with Gasteiger partial charge in [0.25, 0.3) is 5.91 Å². The molecule has 2 heterocycles. The molecule has 2 aliphatic heterocycles. The number of piperazine rings is 1. The van der Waals surface area contributed by atoms with Gasteiger partial charge in [0.1, 0.15) is 5.60 Å². The Morgan fingerprint density at radius 2 is 1.61 bits per heavy atom. The van der Waals surface area contributed by atoms with Crippen molar-refractivity contribution >= 4 is 17.8 Å². The maximum absolute atomic E-state index is 13.1. The summed E-state index contributed by atoms with van der Waals surface area (Å²) >= 11 is 0. The van der Waals surface area contributed by atoms with Crippen LogP contribution in [0.15, 0.2) is 0 Å². The zero-order valence-corrected chi connectivity index (χ0v) is 18.5. The Hall–Kier alpha value is -1.83. The van der Waals surface area contributed by atoms with Crippen molar-refractivity contribution in [2.45, 2.75) is 76.0 Å². The highest BCUT2D eigenvalue weighted by Gasteiger charge is 2.51. The van der Waals surface area contributed by atoms with Gasteiger partial charge in [-0.05, 0) is 69.1 Å². The summed E-state index contributed by atoms with van der Waals surface area (Å²) in [6.07, 6.45) is 7.30. The Bertz CT molecular complexity index is 738. The standard InChI is InChI=1S/C23H36N4O4/c1-14-12-17(19-18(13-14)24-22(30)25-19)15-2-4-16(5-3-15)20(28)26-8-10-27(11-9-26)21(29)23(31)6-7-23/h14-19,31H,2-13H2,1H3,(H2,24,25,30). The molecule has 5 aliphatic rings. The molecule has 3 N–H and O–H groups in total. The summed E-state index contributed by atoms with van der Waals surface area (Å²) in [6.45, 7) is 4.48.